The number of Topliss-reactive ketones (excluding diaryl/α,β-unsaturated/α-hetero) is 1. The summed E-state index contributed by atoms with van der Waals surface area (Å²) in [6.07, 6.45) is -3.36. The lowest BCUT2D eigenvalue weighted by molar-refractivity contribution is -0.144. The average molecular weight is 374 g/mol. The van der Waals surface area contributed by atoms with E-state index >= 15 is 0 Å². The van der Waals surface area contributed by atoms with Crippen molar-refractivity contribution in [3.8, 4) is 5.69 Å². The maximum atomic E-state index is 12.8. The molecule has 0 N–H and O–H groups in total. The lowest BCUT2D eigenvalue weighted by atomic mass is 10.1. The fourth-order valence-corrected chi connectivity index (χ4v) is 2.59. The quantitative estimate of drug-likeness (QED) is 0.499. The van der Waals surface area contributed by atoms with Gasteiger partial charge >= 0.3 is 6.18 Å². The maximum Gasteiger partial charge on any atom is 0.453 e. The highest BCUT2D eigenvalue weighted by molar-refractivity contribution is 5.94. The van der Waals surface area contributed by atoms with Gasteiger partial charge in [-0.15, -0.1) is 15.3 Å². The van der Waals surface area contributed by atoms with Crippen molar-refractivity contribution in [3.63, 3.8) is 0 Å². The predicted octanol–water partition coefficient (Wildman–Crippen LogP) is 2.04. The normalized spacial score (nSPS) is 12.0. The van der Waals surface area contributed by atoms with Crippen LogP contribution in [0.1, 0.15) is 23.1 Å². The molecular formula is C16H9F3N6O2. The van der Waals surface area contributed by atoms with E-state index in [1.807, 2.05) is 0 Å². The van der Waals surface area contributed by atoms with Crippen LogP contribution in [0, 0.1) is 0 Å². The zero-order valence-corrected chi connectivity index (χ0v) is 13.6. The van der Waals surface area contributed by atoms with E-state index < -0.39 is 17.6 Å². The van der Waals surface area contributed by atoms with Crippen LogP contribution in [0.25, 0.3) is 22.5 Å². The summed E-state index contributed by atoms with van der Waals surface area (Å²) < 4.78 is 40.5. The molecule has 27 heavy (non-hydrogen) atoms. The van der Waals surface area contributed by atoms with Gasteiger partial charge < -0.3 is 0 Å². The Bertz CT molecular complexity index is 1260. The minimum atomic E-state index is -4.74. The summed E-state index contributed by atoms with van der Waals surface area (Å²) in [7, 11) is 0. The molecule has 4 aromatic rings. The minimum Gasteiger partial charge on any atom is -0.295 e. The molecule has 0 aliphatic rings. The van der Waals surface area contributed by atoms with E-state index in [0.29, 0.717) is 11.3 Å². The van der Waals surface area contributed by atoms with Gasteiger partial charge in [-0.25, -0.2) is 0 Å². The van der Waals surface area contributed by atoms with Crippen LogP contribution in [-0.4, -0.2) is 35.1 Å². The van der Waals surface area contributed by atoms with E-state index in [1.54, 1.807) is 24.3 Å². The molecule has 0 saturated heterocycles. The first-order chi connectivity index (χ1) is 12.8. The zero-order valence-electron chi connectivity index (χ0n) is 13.6. The van der Waals surface area contributed by atoms with Crippen LogP contribution in [0.2, 0.25) is 0 Å². The Morgan fingerprint density at radius 3 is 2.41 bits per heavy atom. The molecule has 0 atom stereocenters. The van der Waals surface area contributed by atoms with Gasteiger partial charge in [0.25, 0.3) is 17.2 Å². The van der Waals surface area contributed by atoms with Crippen LogP contribution in [0.15, 0.2) is 41.3 Å². The number of fused-ring (bicyclic) bond motifs is 3. The van der Waals surface area contributed by atoms with Crippen LogP contribution in [0.3, 0.4) is 0 Å². The van der Waals surface area contributed by atoms with Crippen molar-refractivity contribution in [1.82, 2.24) is 29.4 Å². The topological polar surface area (TPSA) is 95.0 Å². The Morgan fingerprint density at radius 1 is 1.07 bits per heavy atom. The molecule has 0 spiro atoms. The maximum absolute atomic E-state index is 12.8. The lowest BCUT2D eigenvalue weighted by Crippen LogP contribution is -2.20. The molecule has 0 unspecified atom stereocenters. The van der Waals surface area contributed by atoms with Gasteiger partial charge in [-0.1, -0.05) is 0 Å². The Labute approximate surface area is 147 Å². The van der Waals surface area contributed by atoms with Crippen LogP contribution in [0.4, 0.5) is 13.2 Å². The molecular weight excluding hydrogens is 365 g/mol. The van der Waals surface area contributed by atoms with E-state index in [2.05, 4.69) is 20.3 Å². The third kappa shape index (κ3) is 2.72. The first-order valence-corrected chi connectivity index (χ1v) is 7.59. The summed E-state index contributed by atoms with van der Waals surface area (Å²) in [6, 6.07) is 7.68. The van der Waals surface area contributed by atoms with E-state index in [4.69, 9.17) is 0 Å². The second-order valence-electron chi connectivity index (χ2n) is 5.67. The second kappa shape index (κ2) is 5.69. The zero-order chi connectivity index (χ0) is 19.3. The molecule has 3 aromatic heterocycles. The van der Waals surface area contributed by atoms with Gasteiger partial charge in [0.1, 0.15) is 5.52 Å². The van der Waals surface area contributed by atoms with Gasteiger partial charge in [0.15, 0.2) is 11.3 Å². The lowest BCUT2D eigenvalue weighted by Gasteiger charge is -2.07. The highest BCUT2D eigenvalue weighted by Gasteiger charge is 2.36. The molecule has 0 aliphatic carbocycles. The van der Waals surface area contributed by atoms with Gasteiger partial charge in [0, 0.05) is 17.4 Å². The Morgan fingerprint density at radius 2 is 1.78 bits per heavy atom. The number of alkyl halides is 3. The second-order valence-corrected chi connectivity index (χ2v) is 5.67. The summed E-state index contributed by atoms with van der Waals surface area (Å²) in [5.41, 5.74) is 0.227. The van der Waals surface area contributed by atoms with Gasteiger partial charge in [-0.2, -0.15) is 22.7 Å². The highest BCUT2D eigenvalue weighted by atomic mass is 19.4. The number of benzene rings is 1. The molecule has 3 heterocycles. The summed E-state index contributed by atoms with van der Waals surface area (Å²) in [6.45, 7) is 1.42. The molecule has 0 fully saturated rings. The fraction of sp³-hybridized carbons (Fsp3) is 0.125. The summed E-state index contributed by atoms with van der Waals surface area (Å²) in [4.78, 5) is 27.3. The summed E-state index contributed by atoms with van der Waals surface area (Å²) in [5.74, 6) is -1.85. The number of halogens is 3. The average Bonchev–Trinajstić information content (AvgIpc) is 3.07. The Balaban J connectivity index is 1.90. The molecule has 0 aliphatic heterocycles. The van der Waals surface area contributed by atoms with Crippen molar-refractivity contribution in [2.45, 2.75) is 13.1 Å². The van der Waals surface area contributed by atoms with Gasteiger partial charge in [0.05, 0.1) is 0 Å². The number of carbonyl (C=O) groups is 1. The standard InChI is InChI=1S/C16H9F3N6O2/c1-8(26)9-2-4-10(5-3-9)24-7-6-11-12(13(24)27)21-22-15-20-14(16(17,18)19)23-25(11)15/h2-7H,1H3. The molecule has 0 radical (unpaired) electrons. The fourth-order valence-electron chi connectivity index (χ4n) is 2.59. The number of carbonyl (C=O) groups excluding carboxylic acids is 1. The van der Waals surface area contributed by atoms with E-state index in [9.17, 15) is 22.8 Å². The third-order valence-electron chi connectivity index (χ3n) is 3.91. The van der Waals surface area contributed by atoms with Crippen molar-refractivity contribution in [2.75, 3.05) is 0 Å². The first kappa shape index (κ1) is 16.8. The van der Waals surface area contributed by atoms with Gasteiger partial charge in [0.2, 0.25) is 0 Å². The number of hydrogen-bond donors (Lipinski definition) is 0. The molecule has 8 nitrogen and oxygen atoms in total. The SMILES string of the molecule is CC(=O)c1ccc(-n2ccc3c(nnc4nc(C(F)(F)F)nn43)c2=O)cc1. The number of aromatic nitrogens is 6. The van der Waals surface area contributed by atoms with Crippen molar-refractivity contribution >= 4 is 22.6 Å². The smallest absolute Gasteiger partial charge is 0.295 e. The largest absolute Gasteiger partial charge is 0.453 e. The van der Waals surface area contributed by atoms with Gasteiger partial charge in [-0.05, 0) is 37.3 Å². The first-order valence-electron chi connectivity index (χ1n) is 7.59. The minimum absolute atomic E-state index is 0.0459. The summed E-state index contributed by atoms with van der Waals surface area (Å²) in [5, 5.41) is 10.6. The van der Waals surface area contributed by atoms with E-state index in [-0.39, 0.29) is 22.6 Å². The van der Waals surface area contributed by atoms with E-state index in [0.717, 1.165) is 4.52 Å². The number of hydrogen-bond acceptors (Lipinski definition) is 6. The number of rotatable bonds is 2. The van der Waals surface area contributed by atoms with Crippen LogP contribution < -0.4 is 5.56 Å². The molecule has 1 aromatic carbocycles. The molecule has 4 rings (SSSR count). The molecule has 11 heteroatoms. The van der Waals surface area contributed by atoms with Crippen LogP contribution >= 0.6 is 0 Å². The number of ketones is 1. The third-order valence-corrected chi connectivity index (χ3v) is 3.91. The van der Waals surface area contributed by atoms with Crippen molar-refractivity contribution in [1.29, 1.82) is 0 Å². The van der Waals surface area contributed by atoms with Crippen molar-refractivity contribution < 1.29 is 18.0 Å². The Kier molecular flexibility index (Phi) is 3.54. The van der Waals surface area contributed by atoms with Gasteiger partial charge in [-0.3, -0.25) is 14.2 Å². The van der Waals surface area contributed by atoms with Crippen molar-refractivity contribution in [3.05, 3.63) is 58.3 Å². The summed E-state index contributed by atoms with van der Waals surface area (Å²) >= 11 is 0. The Hall–Kier alpha value is -3.63. The number of pyridine rings is 1. The van der Waals surface area contributed by atoms with Crippen LogP contribution in [-0.2, 0) is 6.18 Å². The van der Waals surface area contributed by atoms with E-state index in [1.165, 1.54) is 23.8 Å². The predicted molar refractivity (Wildman–Crippen MR) is 86.7 cm³/mol. The molecule has 136 valence electrons. The number of nitrogens with zero attached hydrogens (tertiary/aromatic N) is 6. The monoisotopic (exact) mass is 374 g/mol. The highest BCUT2D eigenvalue weighted by Crippen LogP contribution is 2.26. The van der Waals surface area contributed by atoms with Crippen molar-refractivity contribution in [2.24, 2.45) is 0 Å². The molecule has 0 amide bonds. The molecule has 0 saturated carbocycles. The molecule has 0 bridgehead atoms. The van der Waals surface area contributed by atoms with Crippen LogP contribution in [0.5, 0.6) is 0 Å².